The van der Waals surface area contributed by atoms with E-state index in [-0.39, 0.29) is 25.7 Å². The highest BCUT2D eigenvalue weighted by Crippen LogP contribution is 2.29. The molecular weight excluding hydrogens is 252 g/mol. The number of hydrogen-bond donors (Lipinski definition) is 2. The van der Waals surface area contributed by atoms with E-state index in [0.717, 1.165) is 12.8 Å². The van der Waals surface area contributed by atoms with Crippen LogP contribution < -0.4 is 0 Å². The number of rotatable bonds is 8. The van der Waals surface area contributed by atoms with Crippen LogP contribution >= 0.6 is 0 Å². The molecule has 0 aromatic heterocycles. The maximum Gasteiger partial charge on any atom is 0.323 e. The van der Waals surface area contributed by atoms with Crippen molar-refractivity contribution in [2.24, 2.45) is 5.92 Å². The molecule has 0 saturated heterocycles. The van der Waals surface area contributed by atoms with Crippen molar-refractivity contribution in [1.29, 1.82) is 0 Å². The third-order valence-corrected chi connectivity index (χ3v) is 2.94. The average Bonchev–Trinajstić information content (AvgIpc) is 3.10. The summed E-state index contributed by atoms with van der Waals surface area (Å²) in [7, 11) is 3.01. The number of ether oxygens (including phenoxy) is 1. The summed E-state index contributed by atoms with van der Waals surface area (Å²) in [6.45, 7) is 0.419. The van der Waals surface area contributed by atoms with Crippen LogP contribution in [0.5, 0.6) is 0 Å². The van der Waals surface area contributed by atoms with E-state index in [2.05, 4.69) is 0 Å². The average molecular weight is 274 g/mol. The van der Waals surface area contributed by atoms with Crippen LogP contribution in [0.25, 0.3) is 0 Å². The first kappa shape index (κ1) is 15.7. The Bertz CT molecular complexity index is 319. The number of aliphatic carboxylic acids is 1. The lowest BCUT2D eigenvalue weighted by molar-refractivity contribution is -0.137. The zero-order chi connectivity index (χ0) is 14.4. The van der Waals surface area contributed by atoms with Gasteiger partial charge in [0.25, 0.3) is 0 Å². The van der Waals surface area contributed by atoms with Gasteiger partial charge in [0, 0.05) is 20.7 Å². The number of likely N-dealkylation sites (N-methyl/N-ethyl adjacent to an activating group) is 1. The third kappa shape index (κ3) is 5.89. The van der Waals surface area contributed by atoms with Gasteiger partial charge in [-0.25, -0.2) is 4.79 Å². The Labute approximate surface area is 112 Å². The Balaban J connectivity index is 2.50. The van der Waals surface area contributed by atoms with Gasteiger partial charge in [-0.1, -0.05) is 0 Å². The lowest BCUT2D eigenvalue weighted by Gasteiger charge is -2.28. The molecule has 1 unspecified atom stereocenters. The number of carboxylic acid groups (broad SMARTS) is 1. The highest BCUT2D eigenvalue weighted by Gasteiger charge is 2.29. The maximum absolute atomic E-state index is 12.1. The van der Waals surface area contributed by atoms with Crippen molar-refractivity contribution in [1.82, 2.24) is 9.80 Å². The van der Waals surface area contributed by atoms with Crippen LogP contribution in [-0.4, -0.2) is 78.5 Å². The molecule has 2 N–H and O–H groups in total. The second-order valence-corrected chi connectivity index (χ2v) is 4.99. The Morgan fingerprint density at radius 1 is 1.42 bits per heavy atom. The van der Waals surface area contributed by atoms with Gasteiger partial charge >= 0.3 is 12.0 Å². The summed E-state index contributed by atoms with van der Waals surface area (Å²) >= 11 is 0. The predicted octanol–water partition coefficient (Wildman–Crippen LogP) is -0.158. The van der Waals surface area contributed by atoms with Gasteiger partial charge in [0.1, 0.15) is 6.54 Å². The summed E-state index contributed by atoms with van der Waals surface area (Å²) in [5.74, 6) is -0.611. The molecule has 1 rings (SSSR count). The Hall–Kier alpha value is -1.34. The third-order valence-electron chi connectivity index (χ3n) is 2.94. The molecule has 2 amide bonds. The SMILES string of the molecule is COCC(O)CN(C)C(=O)N(CC(=O)O)CC1CC1. The number of aliphatic hydroxyl groups is 1. The van der Waals surface area contributed by atoms with Crippen molar-refractivity contribution in [3.05, 3.63) is 0 Å². The molecule has 1 aliphatic rings. The molecule has 7 heteroatoms. The van der Waals surface area contributed by atoms with Crippen LogP contribution in [0.1, 0.15) is 12.8 Å². The summed E-state index contributed by atoms with van der Waals surface area (Å²) in [5, 5.41) is 18.4. The summed E-state index contributed by atoms with van der Waals surface area (Å²) in [6.07, 6.45) is 1.31. The molecule has 1 aliphatic carbocycles. The van der Waals surface area contributed by atoms with Gasteiger partial charge in [0.15, 0.2) is 0 Å². The van der Waals surface area contributed by atoms with Crippen LogP contribution in [0.2, 0.25) is 0 Å². The molecule has 7 nitrogen and oxygen atoms in total. The van der Waals surface area contributed by atoms with Crippen LogP contribution in [0.3, 0.4) is 0 Å². The zero-order valence-corrected chi connectivity index (χ0v) is 11.4. The fourth-order valence-electron chi connectivity index (χ4n) is 1.87. The smallest absolute Gasteiger partial charge is 0.323 e. The molecular formula is C12H22N2O5. The van der Waals surface area contributed by atoms with Gasteiger partial charge in [-0.2, -0.15) is 0 Å². The molecule has 0 aromatic carbocycles. The van der Waals surface area contributed by atoms with E-state index in [1.54, 1.807) is 7.05 Å². The maximum atomic E-state index is 12.1. The summed E-state index contributed by atoms with van der Waals surface area (Å²) in [5.41, 5.74) is 0. The van der Waals surface area contributed by atoms with E-state index < -0.39 is 12.1 Å². The molecule has 0 aromatic rings. The van der Waals surface area contributed by atoms with Gasteiger partial charge in [-0.15, -0.1) is 0 Å². The van der Waals surface area contributed by atoms with E-state index in [0.29, 0.717) is 12.5 Å². The number of carboxylic acids is 1. The minimum atomic E-state index is -1.03. The minimum absolute atomic E-state index is 0.119. The predicted molar refractivity (Wildman–Crippen MR) is 67.8 cm³/mol. The zero-order valence-electron chi connectivity index (χ0n) is 11.4. The van der Waals surface area contributed by atoms with Gasteiger partial charge in [-0.3, -0.25) is 4.79 Å². The summed E-state index contributed by atoms with van der Waals surface area (Å²) in [4.78, 5) is 25.5. The Kier molecular flexibility index (Phi) is 6.04. The number of urea groups is 1. The molecule has 0 heterocycles. The van der Waals surface area contributed by atoms with E-state index in [4.69, 9.17) is 9.84 Å². The molecule has 19 heavy (non-hydrogen) atoms. The molecule has 0 aliphatic heterocycles. The Morgan fingerprint density at radius 3 is 2.53 bits per heavy atom. The monoisotopic (exact) mass is 274 g/mol. The van der Waals surface area contributed by atoms with Gasteiger partial charge < -0.3 is 24.7 Å². The van der Waals surface area contributed by atoms with Crippen molar-refractivity contribution < 1.29 is 24.5 Å². The lowest BCUT2D eigenvalue weighted by atomic mass is 10.3. The standard InChI is InChI=1S/C12H22N2O5/c1-13(6-10(15)8-19-2)12(18)14(7-11(16)17)5-9-3-4-9/h9-10,15H,3-8H2,1-2H3,(H,16,17). The Morgan fingerprint density at radius 2 is 2.05 bits per heavy atom. The number of hydrogen-bond acceptors (Lipinski definition) is 4. The van der Waals surface area contributed by atoms with Crippen LogP contribution in [0.15, 0.2) is 0 Å². The first-order chi connectivity index (χ1) is 8.93. The van der Waals surface area contributed by atoms with Crippen LogP contribution in [-0.2, 0) is 9.53 Å². The molecule has 1 saturated carbocycles. The molecule has 1 atom stereocenters. The highest BCUT2D eigenvalue weighted by atomic mass is 16.5. The van der Waals surface area contributed by atoms with Crippen molar-refractivity contribution in [2.45, 2.75) is 18.9 Å². The minimum Gasteiger partial charge on any atom is -0.480 e. The number of carbonyl (C=O) groups excluding carboxylic acids is 1. The normalized spacial score (nSPS) is 15.9. The van der Waals surface area contributed by atoms with Crippen LogP contribution in [0, 0.1) is 5.92 Å². The number of nitrogens with zero attached hydrogens (tertiary/aromatic N) is 2. The van der Waals surface area contributed by atoms with E-state index in [1.807, 2.05) is 0 Å². The first-order valence-corrected chi connectivity index (χ1v) is 6.32. The first-order valence-electron chi connectivity index (χ1n) is 6.32. The number of carbonyl (C=O) groups is 2. The van der Waals surface area contributed by atoms with Crippen molar-refractivity contribution in [3.8, 4) is 0 Å². The fourth-order valence-corrected chi connectivity index (χ4v) is 1.87. The van der Waals surface area contributed by atoms with E-state index >= 15 is 0 Å². The van der Waals surface area contributed by atoms with Crippen LogP contribution in [0.4, 0.5) is 4.79 Å². The number of methoxy groups -OCH3 is 1. The second kappa shape index (κ2) is 7.30. The molecule has 0 radical (unpaired) electrons. The van der Waals surface area contributed by atoms with Crippen molar-refractivity contribution >= 4 is 12.0 Å². The summed E-state index contributed by atoms with van der Waals surface area (Å²) < 4.78 is 4.79. The van der Waals surface area contributed by atoms with E-state index in [9.17, 15) is 14.7 Å². The van der Waals surface area contributed by atoms with Gasteiger partial charge in [0.2, 0.25) is 0 Å². The highest BCUT2D eigenvalue weighted by molar-refractivity contribution is 5.80. The largest absolute Gasteiger partial charge is 0.480 e. The van der Waals surface area contributed by atoms with Gasteiger partial charge in [-0.05, 0) is 18.8 Å². The fraction of sp³-hybridized carbons (Fsp3) is 0.833. The molecule has 0 spiro atoms. The quantitative estimate of drug-likeness (QED) is 0.642. The molecule has 1 fully saturated rings. The number of amides is 2. The second-order valence-electron chi connectivity index (χ2n) is 4.99. The lowest BCUT2D eigenvalue weighted by Crippen LogP contribution is -2.47. The topological polar surface area (TPSA) is 90.3 Å². The molecule has 110 valence electrons. The summed E-state index contributed by atoms with van der Waals surface area (Å²) in [6, 6.07) is -0.371. The van der Waals surface area contributed by atoms with Crippen molar-refractivity contribution in [2.75, 3.05) is 40.4 Å². The molecule has 0 bridgehead atoms. The van der Waals surface area contributed by atoms with Crippen molar-refractivity contribution in [3.63, 3.8) is 0 Å². The van der Waals surface area contributed by atoms with Gasteiger partial charge in [0.05, 0.1) is 19.3 Å². The van der Waals surface area contributed by atoms with E-state index in [1.165, 1.54) is 16.9 Å². The number of aliphatic hydroxyl groups excluding tert-OH is 1.